The molecule has 1 aromatic heterocycles. The first kappa shape index (κ1) is 17.3. The van der Waals surface area contributed by atoms with Gasteiger partial charge in [-0.1, -0.05) is 5.21 Å². The van der Waals surface area contributed by atoms with Crippen LogP contribution in [0, 0.1) is 12.7 Å². The lowest BCUT2D eigenvalue weighted by molar-refractivity contribution is 0.0987. The summed E-state index contributed by atoms with van der Waals surface area (Å²) in [4.78, 5) is 14.1. The Morgan fingerprint density at radius 1 is 1.40 bits per heavy atom. The average Bonchev–Trinajstić information content (AvgIpc) is 3.02. The third-order valence-corrected chi connectivity index (χ3v) is 4.61. The van der Waals surface area contributed by atoms with Crippen LogP contribution in [0.1, 0.15) is 35.1 Å². The Hall–Kier alpha value is -2.48. The number of nitrogens with zero attached hydrogens (tertiary/aromatic N) is 4. The van der Waals surface area contributed by atoms with Gasteiger partial charge in [-0.15, -0.1) is 5.10 Å². The van der Waals surface area contributed by atoms with Crippen LogP contribution in [0.15, 0.2) is 18.2 Å². The van der Waals surface area contributed by atoms with Crippen LogP contribution in [-0.4, -0.2) is 48.1 Å². The maximum absolute atomic E-state index is 13.9. The lowest BCUT2D eigenvalue weighted by Gasteiger charge is -2.23. The number of carbonyl (C=O) groups excluding carboxylic acids is 1. The molecule has 0 aliphatic carbocycles. The van der Waals surface area contributed by atoms with Gasteiger partial charge in [0.05, 0.1) is 18.8 Å². The molecule has 2 heterocycles. The van der Waals surface area contributed by atoms with Crippen molar-refractivity contribution >= 4 is 11.6 Å². The number of amides is 1. The van der Waals surface area contributed by atoms with E-state index in [2.05, 4.69) is 15.6 Å². The Balaban J connectivity index is 1.83. The van der Waals surface area contributed by atoms with Gasteiger partial charge in [0.2, 0.25) is 0 Å². The van der Waals surface area contributed by atoms with Crippen molar-refractivity contribution in [1.82, 2.24) is 20.3 Å². The molecule has 1 N–H and O–H groups in total. The Bertz CT molecular complexity index is 770. The van der Waals surface area contributed by atoms with E-state index in [0.29, 0.717) is 5.69 Å². The standard InChI is InChI=1S/C17H22FN5O2/c1-11-16(20-21-23(11)12-6-8-19-9-7-12)17(24)22(2)13-4-5-15(25-3)14(18)10-13/h4-5,10,12,19H,6-9H2,1-3H3. The molecule has 25 heavy (non-hydrogen) atoms. The van der Waals surface area contributed by atoms with Gasteiger partial charge >= 0.3 is 0 Å². The number of benzene rings is 1. The zero-order valence-corrected chi connectivity index (χ0v) is 14.6. The molecule has 2 aromatic rings. The van der Waals surface area contributed by atoms with E-state index in [1.807, 2.05) is 11.6 Å². The van der Waals surface area contributed by atoms with Crippen LogP contribution >= 0.6 is 0 Å². The topological polar surface area (TPSA) is 72.3 Å². The van der Waals surface area contributed by atoms with Gasteiger partial charge < -0.3 is 15.0 Å². The van der Waals surface area contributed by atoms with Crippen LogP contribution in [-0.2, 0) is 0 Å². The highest BCUT2D eigenvalue weighted by Gasteiger charge is 2.25. The van der Waals surface area contributed by atoms with Gasteiger partial charge in [-0.25, -0.2) is 9.07 Å². The second kappa shape index (κ2) is 7.18. The molecule has 7 nitrogen and oxygen atoms in total. The number of methoxy groups -OCH3 is 1. The predicted octanol–water partition coefficient (Wildman–Crippen LogP) is 1.94. The number of hydrogen-bond acceptors (Lipinski definition) is 5. The normalized spacial score (nSPS) is 15.2. The van der Waals surface area contributed by atoms with Crippen LogP contribution in [0.5, 0.6) is 5.75 Å². The van der Waals surface area contributed by atoms with Crippen molar-refractivity contribution in [2.45, 2.75) is 25.8 Å². The van der Waals surface area contributed by atoms with E-state index in [9.17, 15) is 9.18 Å². The molecule has 1 aliphatic heterocycles. The highest BCUT2D eigenvalue weighted by Crippen LogP contribution is 2.25. The molecule has 1 fully saturated rings. The molecule has 1 amide bonds. The maximum Gasteiger partial charge on any atom is 0.280 e. The van der Waals surface area contributed by atoms with E-state index in [0.717, 1.165) is 31.6 Å². The van der Waals surface area contributed by atoms with Crippen molar-refractivity contribution in [1.29, 1.82) is 0 Å². The first-order chi connectivity index (χ1) is 12.0. The van der Waals surface area contributed by atoms with E-state index in [-0.39, 0.29) is 23.4 Å². The van der Waals surface area contributed by atoms with E-state index in [1.54, 1.807) is 13.1 Å². The third kappa shape index (κ3) is 3.34. The van der Waals surface area contributed by atoms with Crippen molar-refractivity contribution in [2.24, 2.45) is 0 Å². The molecule has 3 rings (SSSR count). The summed E-state index contributed by atoms with van der Waals surface area (Å²) < 4.78 is 20.6. The summed E-state index contributed by atoms with van der Waals surface area (Å²) in [6, 6.07) is 4.64. The lowest BCUT2D eigenvalue weighted by atomic mass is 10.1. The molecule has 0 bridgehead atoms. The zero-order valence-electron chi connectivity index (χ0n) is 14.6. The average molecular weight is 347 g/mol. The molecular formula is C17H22FN5O2. The highest BCUT2D eigenvalue weighted by atomic mass is 19.1. The number of hydrogen-bond donors (Lipinski definition) is 1. The van der Waals surface area contributed by atoms with Crippen LogP contribution in [0.25, 0.3) is 0 Å². The molecule has 0 radical (unpaired) electrons. The monoisotopic (exact) mass is 347 g/mol. The van der Waals surface area contributed by atoms with Crippen molar-refractivity contribution < 1.29 is 13.9 Å². The summed E-state index contributed by atoms with van der Waals surface area (Å²) in [6.07, 6.45) is 1.91. The Morgan fingerprint density at radius 2 is 2.12 bits per heavy atom. The molecular weight excluding hydrogens is 325 g/mol. The van der Waals surface area contributed by atoms with E-state index < -0.39 is 5.82 Å². The minimum atomic E-state index is -0.519. The molecule has 0 atom stereocenters. The first-order valence-electron chi connectivity index (χ1n) is 8.27. The summed E-state index contributed by atoms with van der Waals surface area (Å²) in [7, 11) is 2.99. The van der Waals surface area contributed by atoms with Crippen LogP contribution in [0.3, 0.4) is 0 Å². The van der Waals surface area contributed by atoms with Gasteiger partial charge in [-0.05, 0) is 45.0 Å². The Labute approximate surface area is 145 Å². The van der Waals surface area contributed by atoms with Gasteiger partial charge in [0, 0.05) is 18.8 Å². The van der Waals surface area contributed by atoms with Crippen molar-refractivity contribution in [3.63, 3.8) is 0 Å². The summed E-state index contributed by atoms with van der Waals surface area (Å²) in [6.45, 7) is 3.70. The van der Waals surface area contributed by atoms with Gasteiger partial charge in [0.25, 0.3) is 5.91 Å². The molecule has 0 spiro atoms. The van der Waals surface area contributed by atoms with E-state index in [1.165, 1.54) is 24.1 Å². The fraction of sp³-hybridized carbons (Fsp3) is 0.471. The van der Waals surface area contributed by atoms with Gasteiger partial charge in [-0.2, -0.15) is 0 Å². The van der Waals surface area contributed by atoms with E-state index in [4.69, 9.17) is 4.74 Å². The molecule has 134 valence electrons. The number of anilines is 1. The number of rotatable bonds is 4. The number of aromatic nitrogens is 3. The number of nitrogens with one attached hydrogen (secondary N) is 1. The molecule has 1 saturated heterocycles. The number of carbonyl (C=O) groups is 1. The second-order valence-corrected chi connectivity index (χ2v) is 6.13. The summed E-state index contributed by atoms with van der Waals surface area (Å²) in [5.41, 5.74) is 1.45. The van der Waals surface area contributed by atoms with Gasteiger partial charge in [0.15, 0.2) is 17.3 Å². The molecule has 1 aromatic carbocycles. The minimum absolute atomic E-state index is 0.137. The number of piperidine rings is 1. The summed E-state index contributed by atoms with van der Waals surface area (Å²) in [5.74, 6) is -0.699. The quantitative estimate of drug-likeness (QED) is 0.915. The van der Waals surface area contributed by atoms with Crippen molar-refractivity contribution in [2.75, 3.05) is 32.1 Å². The fourth-order valence-corrected chi connectivity index (χ4v) is 3.08. The first-order valence-corrected chi connectivity index (χ1v) is 8.27. The SMILES string of the molecule is COc1ccc(N(C)C(=O)c2nnn(C3CCNCC3)c2C)cc1F. The van der Waals surface area contributed by atoms with Gasteiger partial charge in [-0.3, -0.25) is 4.79 Å². The third-order valence-electron chi connectivity index (χ3n) is 4.61. The van der Waals surface area contributed by atoms with E-state index >= 15 is 0 Å². The maximum atomic E-state index is 13.9. The zero-order chi connectivity index (χ0) is 18.0. The number of ether oxygens (including phenoxy) is 1. The highest BCUT2D eigenvalue weighted by molar-refractivity contribution is 6.05. The predicted molar refractivity (Wildman–Crippen MR) is 91.6 cm³/mol. The van der Waals surface area contributed by atoms with Crippen LogP contribution < -0.4 is 15.0 Å². The number of halogens is 1. The second-order valence-electron chi connectivity index (χ2n) is 6.13. The molecule has 0 unspecified atom stereocenters. The smallest absolute Gasteiger partial charge is 0.280 e. The largest absolute Gasteiger partial charge is 0.494 e. The summed E-state index contributed by atoms with van der Waals surface area (Å²) >= 11 is 0. The lowest BCUT2D eigenvalue weighted by Crippen LogP contribution is -2.31. The molecule has 0 saturated carbocycles. The Morgan fingerprint density at radius 3 is 2.76 bits per heavy atom. The molecule has 1 aliphatic rings. The van der Waals surface area contributed by atoms with Gasteiger partial charge in [0.1, 0.15) is 0 Å². The minimum Gasteiger partial charge on any atom is -0.494 e. The Kier molecular flexibility index (Phi) is 4.98. The van der Waals surface area contributed by atoms with Crippen LogP contribution in [0.2, 0.25) is 0 Å². The van der Waals surface area contributed by atoms with Crippen LogP contribution in [0.4, 0.5) is 10.1 Å². The summed E-state index contributed by atoms with van der Waals surface area (Å²) in [5, 5.41) is 11.6. The fourth-order valence-electron chi connectivity index (χ4n) is 3.08. The van der Waals surface area contributed by atoms with Crippen molar-refractivity contribution in [3.05, 3.63) is 35.4 Å². The molecule has 8 heteroatoms. The van der Waals surface area contributed by atoms with Crippen molar-refractivity contribution in [3.8, 4) is 5.75 Å².